The molecule has 9 heteroatoms. The number of halogens is 1. The Morgan fingerprint density at radius 1 is 1.15 bits per heavy atom. The maximum absolute atomic E-state index is 11.9. The summed E-state index contributed by atoms with van der Waals surface area (Å²) in [7, 11) is 3.48. The highest BCUT2D eigenvalue weighted by Gasteiger charge is 2.21. The van der Waals surface area contributed by atoms with Crippen molar-refractivity contribution in [1.29, 1.82) is 0 Å². The maximum atomic E-state index is 11.9. The fourth-order valence-corrected chi connectivity index (χ4v) is 2.62. The van der Waals surface area contributed by atoms with Crippen molar-refractivity contribution in [2.75, 3.05) is 59.9 Å². The molecule has 0 spiro atoms. The summed E-state index contributed by atoms with van der Waals surface area (Å²) in [6, 6.07) is 0.166. The van der Waals surface area contributed by atoms with Gasteiger partial charge in [0, 0.05) is 52.9 Å². The molecule has 0 aromatic rings. The minimum absolute atomic E-state index is 0. The number of aliphatic imine (C=N–C) groups is 1. The van der Waals surface area contributed by atoms with Crippen molar-refractivity contribution < 1.29 is 9.59 Å². The number of piperazine rings is 1. The molecule has 1 saturated heterocycles. The molecule has 0 saturated carbocycles. The second-order valence-electron chi connectivity index (χ2n) is 7.19. The number of nitrogens with one attached hydrogen (secondary N) is 2. The first-order valence-electron chi connectivity index (χ1n) is 9.58. The zero-order valence-corrected chi connectivity index (χ0v) is 19.8. The smallest absolute Gasteiger partial charge is 0.243 e. The van der Waals surface area contributed by atoms with Crippen LogP contribution in [0.2, 0.25) is 0 Å². The molecule has 8 nitrogen and oxygen atoms in total. The van der Waals surface area contributed by atoms with Crippen LogP contribution in [0.5, 0.6) is 0 Å². The fourth-order valence-electron chi connectivity index (χ4n) is 2.62. The van der Waals surface area contributed by atoms with Gasteiger partial charge in [0.2, 0.25) is 11.8 Å². The molecule has 0 aromatic carbocycles. The van der Waals surface area contributed by atoms with Gasteiger partial charge in [0.15, 0.2) is 5.96 Å². The van der Waals surface area contributed by atoms with E-state index in [-0.39, 0.29) is 48.4 Å². The molecule has 0 atom stereocenters. The van der Waals surface area contributed by atoms with Gasteiger partial charge in [0.1, 0.15) is 6.54 Å². The largest absolute Gasteiger partial charge is 0.356 e. The van der Waals surface area contributed by atoms with Gasteiger partial charge in [-0.3, -0.25) is 14.5 Å². The number of rotatable bonds is 8. The van der Waals surface area contributed by atoms with Crippen LogP contribution in [0.4, 0.5) is 0 Å². The summed E-state index contributed by atoms with van der Waals surface area (Å²) in [6.45, 7) is 10.7. The van der Waals surface area contributed by atoms with Crippen LogP contribution in [0.3, 0.4) is 0 Å². The number of nitrogens with zero attached hydrogens (tertiary/aromatic N) is 4. The minimum Gasteiger partial charge on any atom is -0.356 e. The Balaban J connectivity index is 0.00000676. The van der Waals surface area contributed by atoms with E-state index in [1.165, 1.54) is 0 Å². The van der Waals surface area contributed by atoms with E-state index < -0.39 is 0 Å². The quantitative estimate of drug-likeness (QED) is 0.223. The number of hydrogen-bond acceptors (Lipinski definition) is 4. The summed E-state index contributed by atoms with van der Waals surface area (Å²) in [5, 5.41) is 6.30. The molecule has 1 aliphatic rings. The summed E-state index contributed by atoms with van der Waals surface area (Å²) in [5.41, 5.74) is 0. The SMILES string of the molecule is CCCCNC(=NCC(=O)N(C)C)N1CCN(CC(=O)NC(C)C)CC1.I. The van der Waals surface area contributed by atoms with Gasteiger partial charge in [-0.2, -0.15) is 0 Å². The van der Waals surface area contributed by atoms with E-state index in [4.69, 9.17) is 0 Å². The zero-order chi connectivity index (χ0) is 19.5. The molecule has 0 aliphatic carbocycles. The lowest BCUT2D eigenvalue weighted by Gasteiger charge is -2.36. The van der Waals surface area contributed by atoms with Gasteiger partial charge in [0.05, 0.1) is 6.54 Å². The molecule has 0 radical (unpaired) electrons. The average molecular weight is 496 g/mol. The molecule has 0 aromatic heterocycles. The Hall–Kier alpha value is -1.10. The van der Waals surface area contributed by atoms with Crippen molar-refractivity contribution in [2.45, 2.75) is 39.7 Å². The van der Waals surface area contributed by atoms with Crippen molar-refractivity contribution in [3.05, 3.63) is 0 Å². The molecule has 1 heterocycles. The number of amides is 2. The van der Waals surface area contributed by atoms with Crippen LogP contribution >= 0.6 is 24.0 Å². The van der Waals surface area contributed by atoms with Gasteiger partial charge in [-0.1, -0.05) is 13.3 Å². The number of unbranched alkanes of at least 4 members (excludes halogenated alkanes) is 1. The third-order valence-corrected chi connectivity index (χ3v) is 4.17. The molecule has 2 N–H and O–H groups in total. The second-order valence-corrected chi connectivity index (χ2v) is 7.19. The van der Waals surface area contributed by atoms with Crippen molar-refractivity contribution in [1.82, 2.24) is 25.3 Å². The van der Waals surface area contributed by atoms with E-state index >= 15 is 0 Å². The number of hydrogen-bond donors (Lipinski definition) is 2. The standard InChI is InChI=1S/C18H36N6O2.HI/c1-6-7-8-19-18(20-13-17(26)22(4)5)24-11-9-23(10-12-24)14-16(25)21-15(2)3;/h15H,6-14H2,1-5H3,(H,19,20)(H,21,25);1H. The summed E-state index contributed by atoms with van der Waals surface area (Å²) >= 11 is 0. The lowest BCUT2D eigenvalue weighted by Crippen LogP contribution is -2.54. The molecule has 0 unspecified atom stereocenters. The Morgan fingerprint density at radius 2 is 1.78 bits per heavy atom. The predicted octanol–water partition coefficient (Wildman–Crippen LogP) is 0.581. The van der Waals surface area contributed by atoms with Crippen LogP contribution in [-0.2, 0) is 9.59 Å². The maximum Gasteiger partial charge on any atom is 0.243 e. The van der Waals surface area contributed by atoms with Gasteiger partial charge in [-0.25, -0.2) is 4.99 Å². The molecule has 2 amide bonds. The Bertz CT molecular complexity index is 476. The van der Waals surface area contributed by atoms with Crippen molar-refractivity contribution in [3.63, 3.8) is 0 Å². The van der Waals surface area contributed by atoms with E-state index in [2.05, 4.69) is 32.3 Å². The molecule has 0 bridgehead atoms. The van der Waals surface area contributed by atoms with Crippen molar-refractivity contribution >= 4 is 41.8 Å². The first-order valence-corrected chi connectivity index (χ1v) is 9.58. The zero-order valence-electron chi connectivity index (χ0n) is 17.5. The van der Waals surface area contributed by atoms with E-state index in [0.29, 0.717) is 6.54 Å². The fraction of sp³-hybridized carbons (Fsp3) is 0.833. The second kappa shape index (κ2) is 14.0. The predicted molar refractivity (Wildman–Crippen MR) is 121 cm³/mol. The van der Waals surface area contributed by atoms with Crippen molar-refractivity contribution in [3.8, 4) is 0 Å². The highest BCUT2D eigenvalue weighted by Crippen LogP contribution is 2.03. The van der Waals surface area contributed by atoms with Crippen LogP contribution < -0.4 is 10.6 Å². The number of likely N-dealkylation sites (N-methyl/N-ethyl adjacent to an activating group) is 1. The van der Waals surface area contributed by atoms with Gasteiger partial charge >= 0.3 is 0 Å². The van der Waals surface area contributed by atoms with Crippen molar-refractivity contribution in [2.24, 2.45) is 4.99 Å². The monoisotopic (exact) mass is 496 g/mol. The van der Waals surface area contributed by atoms with Crippen LogP contribution in [0.25, 0.3) is 0 Å². The van der Waals surface area contributed by atoms with E-state index in [9.17, 15) is 9.59 Å². The summed E-state index contributed by atoms with van der Waals surface area (Å²) in [4.78, 5) is 34.1. The number of carbonyl (C=O) groups is 2. The lowest BCUT2D eigenvalue weighted by molar-refractivity contribution is -0.127. The first kappa shape index (κ1) is 25.9. The van der Waals surface area contributed by atoms with E-state index in [0.717, 1.165) is 51.5 Å². The normalized spacial score (nSPS) is 15.3. The van der Waals surface area contributed by atoms with Gasteiger partial charge in [-0.15, -0.1) is 24.0 Å². The molecular formula is C18H37IN6O2. The Labute approximate surface area is 181 Å². The molecule has 1 aliphatic heterocycles. The Morgan fingerprint density at radius 3 is 2.30 bits per heavy atom. The number of guanidine groups is 1. The average Bonchev–Trinajstić information content (AvgIpc) is 2.57. The van der Waals surface area contributed by atoms with E-state index in [1.807, 2.05) is 13.8 Å². The lowest BCUT2D eigenvalue weighted by atomic mass is 10.3. The third kappa shape index (κ3) is 10.7. The first-order chi connectivity index (χ1) is 12.3. The molecule has 1 rings (SSSR count). The number of carbonyl (C=O) groups excluding carboxylic acids is 2. The molecule has 27 heavy (non-hydrogen) atoms. The summed E-state index contributed by atoms with van der Waals surface area (Å²) in [5.74, 6) is 0.851. The van der Waals surface area contributed by atoms with E-state index in [1.54, 1.807) is 19.0 Å². The Kier molecular flexibility index (Phi) is 13.4. The summed E-state index contributed by atoms with van der Waals surface area (Å²) in [6.07, 6.45) is 2.17. The van der Waals surface area contributed by atoms with Gasteiger partial charge in [-0.05, 0) is 20.3 Å². The topological polar surface area (TPSA) is 80.3 Å². The summed E-state index contributed by atoms with van der Waals surface area (Å²) < 4.78 is 0. The third-order valence-electron chi connectivity index (χ3n) is 4.17. The van der Waals surface area contributed by atoms with Crippen LogP contribution in [0.1, 0.15) is 33.6 Å². The highest BCUT2D eigenvalue weighted by atomic mass is 127. The van der Waals surface area contributed by atoms with Crippen LogP contribution in [-0.4, -0.2) is 98.4 Å². The highest BCUT2D eigenvalue weighted by molar-refractivity contribution is 14.0. The molecule has 158 valence electrons. The molecule has 1 fully saturated rings. The minimum atomic E-state index is -0.0104. The van der Waals surface area contributed by atoms with Crippen LogP contribution in [0.15, 0.2) is 4.99 Å². The van der Waals surface area contributed by atoms with Gasteiger partial charge < -0.3 is 20.4 Å². The van der Waals surface area contributed by atoms with Gasteiger partial charge in [0.25, 0.3) is 0 Å². The van der Waals surface area contributed by atoms with Crippen LogP contribution in [0, 0.1) is 0 Å². The molecular weight excluding hydrogens is 459 g/mol.